The van der Waals surface area contributed by atoms with E-state index in [1.165, 1.54) is 0 Å². The van der Waals surface area contributed by atoms with E-state index in [0.717, 1.165) is 25.9 Å². The Morgan fingerprint density at radius 1 is 1.43 bits per heavy atom. The van der Waals surface area contributed by atoms with E-state index in [4.69, 9.17) is 0 Å². The zero-order chi connectivity index (χ0) is 16.2. The largest absolute Gasteiger partial charge is 0.346 e. The molecule has 0 bridgehead atoms. The SMILES string of the molecule is CCN1CCC[C@H]1CNC(=O)C(=O)Nc1[nH]nc2ncccc12. The number of carbonyl (C=O) groups is 2. The van der Waals surface area contributed by atoms with E-state index in [0.29, 0.717) is 29.4 Å². The van der Waals surface area contributed by atoms with E-state index < -0.39 is 11.8 Å². The molecule has 8 heteroatoms. The maximum atomic E-state index is 12.0. The van der Waals surface area contributed by atoms with Crippen LogP contribution in [0.25, 0.3) is 11.0 Å². The summed E-state index contributed by atoms with van der Waals surface area (Å²) in [5.74, 6) is -0.968. The van der Waals surface area contributed by atoms with Crippen molar-refractivity contribution in [3.8, 4) is 0 Å². The number of aromatic amines is 1. The third kappa shape index (κ3) is 3.31. The van der Waals surface area contributed by atoms with E-state index in [9.17, 15) is 9.59 Å². The Morgan fingerprint density at radius 3 is 3.13 bits per heavy atom. The van der Waals surface area contributed by atoms with E-state index in [1.807, 2.05) is 0 Å². The highest BCUT2D eigenvalue weighted by Crippen LogP contribution is 2.17. The van der Waals surface area contributed by atoms with Gasteiger partial charge in [0.05, 0.1) is 5.39 Å². The van der Waals surface area contributed by atoms with Gasteiger partial charge in [-0.2, -0.15) is 5.10 Å². The molecule has 1 saturated heterocycles. The van der Waals surface area contributed by atoms with Gasteiger partial charge in [-0.05, 0) is 38.1 Å². The summed E-state index contributed by atoms with van der Waals surface area (Å²) in [5, 5.41) is 12.6. The Labute approximate surface area is 133 Å². The van der Waals surface area contributed by atoms with Gasteiger partial charge in [0.2, 0.25) is 0 Å². The van der Waals surface area contributed by atoms with E-state index in [2.05, 4.69) is 37.6 Å². The van der Waals surface area contributed by atoms with Crippen LogP contribution in [-0.2, 0) is 9.59 Å². The molecule has 0 unspecified atom stereocenters. The summed E-state index contributed by atoms with van der Waals surface area (Å²) in [5.41, 5.74) is 0.493. The number of fused-ring (bicyclic) bond motifs is 1. The molecule has 2 aromatic heterocycles. The Morgan fingerprint density at radius 2 is 2.30 bits per heavy atom. The molecule has 1 aliphatic rings. The zero-order valence-electron chi connectivity index (χ0n) is 13.0. The molecule has 23 heavy (non-hydrogen) atoms. The number of pyridine rings is 1. The molecule has 1 aliphatic heterocycles. The maximum absolute atomic E-state index is 12.0. The summed E-state index contributed by atoms with van der Waals surface area (Å²) < 4.78 is 0. The molecule has 3 N–H and O–H groups in total. The molecular weight excluding hydrogens is 296 g/mol. The number of aromatic nitrogens is 3. The van der Waals surface area contributed by atoms with Gasteiger partial charge in [0, 0.05) is 18.8 Å². The standard InChI is InChI=1S/C15H20N6O2/c1-2-21-8-4-5-10(21)9-17-14(22)15(23)18-13-11-6-3-7-16-12(11)19-20-13/h3,6-7,10H,2,4-5,8-9H2,1H3,(H,17,22)(H2,16,18,19,20,23)/t10-/m0/s1. The highest BCUT2D eigenvalue weighted by Gasteiger charge is 2.24. The summed E-state index contributed by atoms with van der Waals surface area (Å²) in [6, 6.07) is 3.83. The first-order chi connectivity index (χ1) is 11.2. The minimum absolute atomic E-state index is 0.314. The van der Waals surface area contributed by atoms with Crippen LogP contribution < -0.4 is 10.6 Å². The van der Waals surface area contributed by atoms with Gasteiger partial charge in [0.15, 0.2) is 5.65 Å². The molecule has 0 aromatic carbocycles. The summed E-state index contributed by atoms with van der Waals surface area (Å²) in [6.07, 6.45) is 3.79. The summed E-state index contributed by atoms with van der Waals surface area (Å²) in [7, 11) is 0. The molecule has 122 valence electrons. The van der Waals surface area contributed by atoms with Crippen LogP contribution >= 0.6 is 0 Å². The molecule has 2 aromatic rings. The Kier molecular flexibility index (Phi) is 4.52. The Hall–Kier alpha value is -2.48. The molecule has 3 heterocycles. The highest BCUT2D eigenvalue weighted by atomic mass is 16.2. The maximum Gasteiger partial charge on any atom is 0.314 e. The number of likely N-dealkylation sites (N-methyl/N-ethyl adjacent to an activating group) is 1. The number of rotatable bonds is 4. The monoisotopic (exact) mass is 316 g/mol. The van der Waals surface area contributed by atoms with Crippen LogP contribution in [-0.4, -0.2) is 57.6 Å². The average Bonchev–Trinajstić information content (AvgIpc) is 3.19. The van der Waals surface area contributed by atoms with Gasteiger partial charge in [-0.15, -0.1) is 0 Å². The van der Waals surface area contributed by atoms with Crippen LogP contribution in [0.4, 0.5) is 5.82 Å². The molecule has 2 amide bonds. The smallest absolute Gasteiger partial charge is 0.314 e. The lowest BCUT2D eigenvalue weighted by molar-refractivity contribution is -0.136. The van der Waals surface area contributed by atoms with Gasteiger partial charge in [-0.1, -0.05) is 6.92 Å². The third-order valence-corrected chi connectivity index (χ3v) is 4.18. The lowest BCUT2D eigenvalue weighted by Crippen LogP contribution is -2.43. The molecule has 1 fully saturated rings. The Balaban J connectivity index is 1.56. The second kappa shape index (κ2) is 6.74. The van der Waals surface area contributed by atoms with Gasteiger partial charge in [-0.3, -0.25) is 19.6 Å². The number of H-pyrrole nitrogens is 1. The molecule has 8 nitrogen and oxygen atoms in total. The lowest BCUT2D eigenvalue weighted by Gasteiger charge is -2.22. The number of likely N-dealkylation sites (tertiary alicyclic amines) is 1. The van der Waals surface area contributed by atoms with Crippen LogP contribution in [0.2, 0.25) is 0 Å². The molecule has 3 rings (SSSR count). The van der Waals surface area contributed by atoms with Crippen molar-refractivity contribution in [2.45, 2.75) is 25.8 Å². The quantitative estimate of drug-likeness (QED) is 0.713. The summed E-state index contributed by atoms with van der Waals surface area (Å²) in [6.45, 7) is 4.60. The second-order valence-electron chi connectivity index (χ2n) is 5.56. The van der Waals surface area contributed by atoms with Crippen LogP contribution in [0, 0.1) is 0 Å². The fourth-order valence-electron chi connectivity index (χ4n) is 2.95. The van der Waals surface area contributed by atoms with Crippen LogP contribution in [0.15, 0.2) is 18.3 Å². The Bertz CT molecular complexity index is 713. The van der Waals surface area contributed by atoms with Gasteiger partial charge >= 0.3 is 11.8 Å². The fraction of sp³-hybridized carbons (Fsp3) is 0.467. The number of hydrogen-bond acceptors (Lipinski definition) is 5. The number of hydrogen-bond donors (Lipinski definition) is 3. The normalized spacial score (nSPS) is 18.2. The third-order valence-electron chi connectivity index (χ3n) is 4.18. The first-order valence-electron chi connectivity index (χ1n) is 7.81. The van der Waals surface area contributed by atoms with E-state index in [1.54, 1.807) is 18.3 Å². The number of amides is 2. The van der Waals surface area contributed by atoms with Crippen molar-refractivity contribution in [1.29, 1.82) is 0 Å². The zero-order valence-corrected chi connectivity index (χ0v) is 13.0. The van der Waals surface area contributed by atoms with Crippen molar-refractivity contribution in [2.24, 2.45) is 0 Å². The van der Waals surface area contributed by atoms with Gasteiger partial charge < -0.3 is 10.6 Å². The first kappa shape index (κ1) is 15.4. The van der Waals surface area contributed by atoms with Crippen molar-refractivity contribution < 1.29 is 9.59 Å². The van der Waals surface area contributed by atoms with Crippen molar-refractivity contribution in [3.05, 3.63) is 18.3 Å². The van der Waals surface area contributed by atoms with Crippen molar-refractivity contribution in [3.63, 3.8) is 0 Å². The minimum Gasteiger partial charge on any atom is -0.346 e. The number of anilines is 1. The van der Waals surface area contributed by atoms with Crippen LogP contribution in [0.1, 0.15) is 19.8 Å². The second-order valence-corrected chi connectivity index (χ2v) is 5.56. The van der Waals surface area contributed by atoms with Crippen molar-refractivity contribution in [1.82, 2.24) is 25.4 Å². The van der Waals surface area contributed by atoms with Crippen molar-refractivity contribution in [2.75, 3.05) is 25.0 Å². The molecule has 1 atom stereocenters. The number of nitrogens with zero attached hydrogens (tertiary/aromatic N) is 3. The van der Waals surface area contributed by atoms with Crippen molar-refractivity contribution >= 4 is 28.7 Å². The van der Waals surface area contributed by atoms with Gasteiger partial charge in [-0.25, -0.2) is 4.98 Å². The summed E-state index contributed by atoms with van der Waals surface area (Å²) in [4.78, 5) is 30.3. The number of carbonyl (C=O) groups excluding carboxylic acids is 2. The summed E-state index contributed by atoms with van der Waals surface area (Å²) >= 11 is 0. The van der Waals surface area contributed by atoms with Crippen LogP contribution in [0.3, 0.4) is 0 Å². The van der Waals surface area contributed by atoms with Crippen LogP contribution in [0.5, 0.6) is 0 Å². The molecule has 0 radical (unpaired) electrons. The molecular formula is C15H20N6O2. The molecule has 0 spiro atoms. The topological polar surface area (TPSA) is 103 Å². The molecule has 0 saturated carbocycles. The minimum atomic E-state index is -0.708. The predicted molar refractivity (Wildman–Crippen MR) is 85.8 cm³/mol. The molecule has 0 aliphatic carbocycles. The van der Waals surface area contributed by atoms with Gasteiger partial charge in [0.25, 0.3) is 0 Å². The average molecular weight is 316 g/mol. The number of nitrogens with one attached hydrogen (secondary N) is 3. The van der Waals surface area contributed by atoms with E-state index >= 15 is 0 Å². The first-order valence-corrected chi connectivity index (χ1v) is 7.81. The predicted octanol–water partition coefficient (Wildman–Crippen LogP) is 0.497. The van der Waals surface area contributed by atoms with Gasteiger partial charge in [0.1, 0.15) is 5.82 Å². The highest BCUT2D eigenvalue weighted by molar-refractivity contribution is 6.40. The lowest BCUT2D eigenvalue weighted by atomic mass is 10.2. The van der Waals surface area contributed by atoms with E-state index in [-0.39, 0.29) is 0 Å². The fourth-order valence-corrected chi connectivity index (χ4v) is 2.95.